The second-order valence-electron chi connectivity index (χ2n) is 11.5. The van der Waals surface area contributed by atoms with Crippen LogP contribution < -0.4 is 14.4 Å². The highest BCUT2D eigenvalue weighted by molar-refractivity contribution is 7.92. The van der Waals surface area contributed by atoms with Crippen LogP contribution >= 0.6 is 34.8 Å². The molecule has 0 aliphatic rings. The molecule has 0 spiro atoms. The molecular formula is C36H38Cl3N3O5S. The maximum Gasteiger partial charge on any atom is 0.264 e. The largest absolute Gasteiger partial charge is 0.492 e. The monoisotopic (exact) mass is 729 g/mol. The number of hydrogen-bond donors (Lipinski definition) is 1. The van der Waals surface area contributed by atoms with Crippen molar-refractivity contribution < 1.29 is 22.7 Å². The van der Waals surface area contributed by atoms with Gasteiger partial charge in [-0.3, -0.25) is 13.9 Å². The summed E-state index contributed by atoms with van der Waals surface area (Å²) in [5.74, 6) is -0.595. The Balaban J connectivity index is 1.85. The van der Waals surface area contributed by atoms with E-state index >= 15 is 0 Å². The van der Waals surface area contributed by atoms with Crippen molar-refractivity contribution in [3.8, 4) is 5.75 Å². The van der Waals surface area contributed by atoms with Crippen molar-refractivity contribution in [2.45, 2.75) is 44.7 Å². The molecule has 0 aliphatic carbocycles. The van der Waals surface area contributed by atoms with Gasteiger partial charge in [0.15, 0.2) is 0 Å². The molecule has 254 valence electrons. The molecule has 1 unspecified atom stereocenters. The average Bonchev–Trinajstić information content (AvgIpc) is 3.06. The summed E-state index contributed by atoms with van der Waals surface area (Å²) in [4.78, 5) is 29.9. The lowest BCUT2D eigenvalue weighted by molar-refractivity contribution is -0.140. The van der Waals surface area contributed by atoms with Gasteiger partial charge >= 0.3 is 0 Å². The molecule has 2 amide bonds. The molecule has 0 radical (unpaired) electrons. The number of para-hydroxylation sites is 2. The number of rotatable bonds is 15. The van der Waals surface area contributed by atoms with Gasteiger partial charge in [-0.25, -0.2) is 8.42 Å². The standard InChI is InChI=1S/C36H38Cl3N3O5S/c1-4-47-34-13-9-8-12-32(34)42(48(45,46)30-18-16-28(37)17-19-30)24-35(43)41(23-27-14-15-29(38)21-31(27)39)33(36(44)40-22-25(2)3)20-26-10-6-5-7-11-26/h5-19,21,25,33H,4,20,22-24H2,1-3H3,(H,40,44). The SMILES string of the molecule is CCOc1ccccc1N(CC(=O)N(Cc1ccc(Cl)cc1Cl)C(Cc1ccccc1)C(=O)NCC(C)C)S(=O)(=O)c1ccc(Cl)cc1. The quantitative estimate of drug-likeness (QED) is 0.136. The molecule has 48 heavy (non-hydrogen) atoms. The molecule has 1 N–H and O–H groups in total. The second-order valence-corrected chi connectivity index (χ2v) is 14.6. The summed E-state index contributed by atoms with van der Waals surface area (Å²) in [6.45, 7) is 5.62. The van der Waals surface area contributed by atoms with Gasteiger partial charge in [0.25, 0.3) is 10.0 Å². The summed E-state index contributed by atoms with van der Waals surface area (Å²) in [6, 6.07) is 25.4. The Bertz CT molecular complexity index is 1810. The minimum atomic E-state index is -4.35. The lowest BCUT2D eigenvalue weighted by Gasteiger charge is -2.34. The number of nitrogens with zero attached hydrogens (tertiary/aromatic N) is 2. The van der Waals surface area contributed by atoms with Crippen LogP contribution in [0.5, 0.6) is 5.75 Å². The summed E-state index contributed by atoms with van der Waals surface area (Å²) in [7, 11) is -4.35. The Hall–Kier alpha value is -3.76. The number of nitrogens with one attached hydrogen (secondary N) is 1. The molecule has 0 aromatic heterocycles. The zero-order valence-corrected chi connectivity index (χ0v) is 30.0. The van der Waals surface area contributed by atoms with Crippen LogP contribution in [-0.4, -0.2) is 50.9 Å². The van der Waals surface area contributed by atoms with Crippen molar-refractivity contribution in [3.63, 3.8) is 0 Å². The van der Waals surface area contributed by atoms with Crippen molar-refractivity contribution >= 4 is 62.3 Å². The Labute approximate surface area is 297 Å². The first kappa shape index (κ1) is 37.1. The van der Waals surface area contributed by atoms with Crippen LogP contribution in [0.3, 0.4) is 0 Å². The van der Waals surface area contributed by atoms with E-state index in [0.717, 1.165) is 9.87 Å². The van der Waals surface area contributed by atoms with Crippen LogP contribution in [0.15, 0.2) is 102 Å². The van der Waals surface area contributed by atoms with E-state index in [1.54, 1.807) is 49.4 Å². The first-order chi connectivity index (χ1) is 22.9. The molecule has 0 heterocycles. The van der Waals surface area contributed by atoms with Gasteiger partial charge in [0.1, 0.15) is 18.3 Å². The number of ether oxygens (including phenoxy) is 1. The normalized spacial score (nSPS) is 12.0. The van der Waals surface area contributed by atoms with Gasteiger partial charge in [-0.05, 0) is 72.5 Å². The zero-order valence-electron chi connectivity index (χ0n) is 26.9. The second kappa shape index (κ2) is 17.1. The van der Waals surface area contributed by atoms with E-state index in [1.807, 2.05) is 44.2 Å². The van der Waals surface area contributed by atoms with E-state index in [0.29, 0.717) is 27.2 Å². The van der Waals surface area contributed by atoms with Crippen LogP contribution in [-0.2, 0) is 32.6 Å². The van der Waals surface area contributed by atoms with Gasteiger partial charge in [-0.15, -0.1) is 0 Å². The van der Waals surface area contributed by atoms with E-state index in [2.05, 4.69) is 5.32 Å². The molecule has 0 fully saturated rings. The number of sulfonamides is 1. The van der Waals surface area contributed by atoms with Gasteiger partial charge in [-0.2, -0.15) is 0 Å². The average molecular weight is 731 g/mol. The highest BCUT2D eigenvalue weighted by atomic mass is 35.5. The van der Waals surface area contributed by atoms with Crippen LogP contribution in [0, 0.1) is 5.92 Å². The van der Waals surface area contributed by atoms with Gasteiger partial charge in [0, 0.05) is 34.6 Å². The molecule has 4 aromatic carbocycles. The number of amides is 2. The predicted octanol–water partition coefficient (Wildman–Crippen LogP) is 7.65. The first-order valence-corrected chi connectivity index (χ1v) is 18.0. The fourth-order valence-corrected chi connectivity index (χ4v) is 7.02. The molecule has 0 saturated heterocycles. The van der Waals surface area contributed by atoms with E-state index in [1.165, 1.54) is 29.2 Å². The van der Waals surface area contributed by atoms with Gasteiger partial charge < -0.3 is 15.0 Å². The number of carbonyl (C=O) groups excluding carboxylic acids is 2. The Morgan fingerprint density at radius 2 is 1.50 bits per heavy atom. The maximum atomic E-state index is 14.7. The van der Waals surface area contributed by atoms with E-state index in [-0.39, 0.29) is 47.7 Å². The third kappa shape index (κ3) is 9.66. The Kier molecular flexibility index (Phi) is 13.2. The summed E-state index contributed by atoms with van der Waals surface area (Å²) >= 11 is 18.9. The molecule has 0 saturated carbocycles. The van der Waals surface area contributed by atoms with Crippen molar-refractivity contribution in [1.82, 2.24) is 10.2 Å². The molecule has 12 heteroatoms. The fraction of sp³-hybridized carbons (Fsp3) is 0.278. The number of anilines is 1. The van der Waals surface area contributed by atoms with Crippen molar-refractivity contribution in [3.05, 3.63) is 123 Å². The topological polar surface area (TPSA) is 96.0 Å². The predicted molar refractivity (Wildman–Crippen MR) is 192 cm³/mol. The van der Waals surface area contributed by atoms with Crippen molar-refractivity contribution in [1.29, 1.82) is 0 Å². The van der Waals surface area contributed by atoms with E-state index in [4.69, 9.17) is 39.5 Å². The third-order valence-corrected chi connectivity index (χ3v) is 10.0. The zero-order chi connectivity index (χ0) is 34.8. The Morgan fingerprint density at radius 1 is 0.854 bits per heavy atom. The highest BCUT2D eigenvalue weighted by Gasteiger charge is 2.36. The summed E-state index contributed by atoms with van der Waals surface area (Å²) in [6.07, 6.45) is 0.168. The summed E-state index contributed by atoms with van der Waals surface area (Å²) in [5, 5.41) is 4.03. The van der Waals surface area contributed by atoms with Crippen LogP contribution in [0.4, 0.5) is 5.69 Å². The number of carbonyl (C=O) groups is 2. The molecular weight excluding hydrogens is 693 g/mol. The van der Waals surface area contributed by atoms with Crippen LogP contribution in [0.25, 0.3) is 0 Å². The highest BCUT2D eigenvalue weighted by Crippen LogP contribution is 2.33. The third-order valence-electron chi connectivity index (χ3n) is 7.43. The minimum absolute atomic E-state index is 0.0752. The van der Waals surface area contributed by atoms with Gasteiger partial charge in [-0.1, -0.05) is 97.2 Å². The number of hydrogen-bond acceptors (Lipinski definition) is 5. The maximum absolute atomic E-state index is 14.7. The minimum Gasteiger partial charge on any atom is -0.492 e. The van der Waals surface area contributed by atoms with Crippen molar-refractivity contribution in [2.75, 3.05) is 24.0 Å². The van der Waals surface area contributed by atoms with Crippen LogP contribution in [0.2, 0.25) is 15.1 Å². The number of halogens is 3. The molecule has 4 rings (SSSR count). The lowest BCUT2D eigenvalue weighted by atomic mass is 10.0. The van der Waals surface area contributed by atoms with E-state index < -0.39 is 28.5 Å². The molecule has 0 bridgehead atoms. The van der Waals surface area contributed by atoms with E-state index in [9.17, 15) is 18.0 Å². The molecule has 0 aliphatic heterocycles. The first-order valence-electron chi connectivity index (χ1n) is 15.5. The van der Waals surface area contributed by atoms with Crippen LogP contribution in [0.1, 0.15) is 31.9 Å². The lowest BCUT2D eigenvalue weighted by Crippen LogP contribution is -2.53. The summed E-state index contributed by atoms with van der Waals surface area (Å²) in [5.41, 5.74) is 1.51. The summed E-state index contributed by atoms with van der Waals surface area (Å²) < 4.78 is 35.5. The van der Waals surface area contributed by atoms with Crippen molar-refractivity contribution in [2.24, 2.45) is 5.92 Å². The number of benzene rings is 4. The van der Waals surface area contributed by atoms with Gasteiger partial charge in [0.05, 0.1) is 17.2 Å². The fourth-order valence-electron chi connectivity index (χ4n) is 5.00. The smallest absolute Gasteiger partial charge is 0.264 e. The molecule has 8 nitrogen and oxygen atoms in total. The Morgan fingerprint density at radius 3 is 2.15 bits per heavy atom. The molecule has 4 aromatic rings. The molecule has 1 atom stereocenters. The van der Waals surface area contributed by atoms with Gasteiger partial charge in [0.2, 0.25) is 11.8 Å².